The van der Waals surface area contributed by atoms with Gasteiger partial charge < -0.3 is 21.1 Å². The fraction of sp³-hybridized carbons (Fsp3) is 0.909. The highest BCUT2D eigenvalue weighted by atomic mass is 16.5. The zero-order valence-corrected chi connectivity index (χ0v) is 9.60. The van der Waals surface area contributed by atoms with Crippen LogP contribution in [0.3, 0.4) is 0 Å². The molecule has 1 aliphatic heterocycles. The van der Waals surface area contributed by atoms with Gasteiger partial charge in [-0.15, -0.1) is 0 Å². The van der Waals surface area contributed by atoms with Crippen molar-refractivity contribution in [2.45, 2.75) is 31.3 Å². The zero-order chi connectivity index (χ0) is 11.5. The second-order valence-electron chi connectivity index (χ2n) is 4.78. The van der Waals surface area contributed by atoms with E-state index < -0.39 is 0 Å². The van der Waals surface area contributed by atoms with Crippen LogP contribution in [0.4, 0.5) is 0 Å². The average molecular weight is 227 g/mol. The van der Waals surface area contributed by atoms with Crippen LogP contribution in [-0.2, 0) is 9.53 Å². The number of carbonyl (C=O) groups excluding carboxylic acids is 1. The van der Waals surface area contributed by atoms with Crippen molar-refractivity contribution in [2.75, 3.05) is 26.3 Å². The Bertz CT molecular complexity index is 254. The van der Waals surface area contributed by atoms with E-state index in [1.54, 1.807) is 0 Å². The van der Waals surface area contributed by atoms with Crippen molar-refractivity contribution < 1.29 is 9.53 Å². The fourth-order valence-electron chi connectivity index (χ4n) is 2.50. The molecule has 3 atom stereocenters. The van der Waals surface area contributed by atoms with E-state index in [1.165, 1.54) is 0 Å². The first-order valence-corrected chi connectivity index (χ1v) is 6.06. The molecule has 1 saturated carbocycles. The number of carbonyl (C=O) groups is 1. The predicted molar refractivity (Wildman–Crippen MR) is 60.7 cm³/mol. The molecule has 1 aliphatic carbocycles. The summed E-state index contributed by atoms with van der Waals surface area (Å²) in [6.07, 6.45) is 2.48. The van der Waals surface area contributed by atoms with Crippen LogP contribution in [0.2, 0.25) is 0 Å². The van der Waals surface area contributed by atoms with E-state index in [-0.39, 0.29) is 23.9 Å². The van der Waals surface area contributed by atoms with Crippen LogP contribution in [0.15, 0.2) is 0 Å². The number of nitrogens with two attached hydrogens (primary N) is 2. The fourth-order valence-corrected chi connectivity index (χ4v) is 2.50. The van der Waals surface area contributed by atoms with E-state index in [2.05, 4.69) is 0 Å². The number of hydrogen-bond donors (Lipinski definition) is 2. The van der Waals surface area contributed by atoms with Crippen LogP contribution in [-0.4, -0.2) is 49.2 Å². The lowest BCUT2D eigenvalue weighted by atomic mass is 9.82. The van der Waals surface area contributed by atoms with Crippen molar-refractivity contribution in [3.8, 4) is 0 Å². The maximum absolute atomic E-state index is 12.2. The molecule has 0 bridgehead atoms. The molecule has 2 rings (SSSR count). The van der Waals surface area contributed by atoms with Gasteiger partial charge in [0.25, 0.3) is 0 Å². The van der Waals surface area contributed by atoms with Crippen molar-refractivity contribution in [1.82, 2.24) is 4.90 Å². The normalized spacial score (nSPS) is 36.1. The van der Waals surface area contributed by atoms with Gasteiger partial charge >= 0.3 is 0 Å². The summed E-state index contributed by atoms with van der Waals surface area (Å²) in [5.41, 5.74) is 11.8. The number of morpholine rings is 1. The molecule has 16 heavy (non-hydrogen) atoms. The summed E-state index contributed by atoms with van der Waals surface area (Å²) in [5, 5.41) is 0. The average Bonchev–Trinajstić information content (AvgIpc) is 2.33. The Balaban J connectivity index is 1.89. The largest absolute Gasteiger partial charge is 0.378 e. The molecule has 2 fully saturated rings. The Kier molecular flexibility index (Phi) is 3.78. The number of amides is 1. The van der Waals surface area contributed by atoms with E-state index in [9.17, 15) is 4.79 Å². The van der Waals surface area contributed by atoms with Gasteiger partial charge in [0.05, 0.1) is 13.2 Å². The minimum absolute atomic E-state index is 0.0243. The highest BCUT2D eigenvalue weighted by molar-refractivity contribution is 5.79. The van der Waals surface area contributed by atoms with Gasteiger partial charge in [0.15, 0.2) is 0 Å². The van der Waals surface area contributed by atoms with E-state index >= 15 is 0 Å². The summed E-state index contributed by atoms with van der Waals surface area (Å²) < 4.78 is 5.24. The Morgan fingerprint density at radius 3 is 2.44 bits per heavy atom. The lowest BCUT2D eigenvalue weighted by Crippen LogP contribution is -2.51. The Morgan fingerprint density at radius 1 is 1.12 bits per heavy atom. The molecule has 0 aromatic carbocycles. The number of rotatable bonds is 1. The summed E-state index contributed by atoms with van der Waals surface area (Å²) in [5.74, 6) is 0.318. The van der Waals surface area contributed by atoms with Crippen LogP contribution in [0, 0.1) is 5.92 Å². The molecule has 1 saturated heterocycles. The molecule has 5 nitrogen and oxygen atoms in total. The number of ether oxygens (including phenoxy) is 1. The first kappa shape index (κ1) is 11.8. The topological polar surface area (TPSA) is 81.6 Å². The lowest BCUT2D eigenvalue weighted by molar-refractivity contribution is -0.140. The van der Waals surface area contributed by atoms with Crippen molar-refractivity contribution in [3.05, 3.63) is 0 Å². The molecule has 1 heterocycles. The SMILES string of the molecule is N[C@@H]1CC(C(=O)N2CCOCC2)CC[C@@H]1N. The van der Waals surface area contributed by atoms with Crippen LogP contribution >= 0.6 is 0 Å². The van der Waals surface area contributed by atoms with Gasteiger partial charge in [-0.05, 0) is 19.3 Å². The maximum atomic E-state index is 12.2. The summed E-state index contributed by atoms with van der Waals surface area (Å²) in [4.78, 5) is 14.1. The first-order chi connectivity index (χ1) is 7.68. The van der Waals surface area contributed by atoms with E-state index in [0.29, 0.717) is 13.2 Å². The maximum Gasteiger partial charge on any atom is 0.225 e. The minimum Gasteiger partial charge on any atom is -0.378 e. The second-order valence-corrected chi connectivity index (χ2v) is 4.78. The van der Waals surface area contributed by atoms with E-state index in [0.717, 1.165) is 32.4 Å². The molecule has 1 amide bonds. The molecule has 0 spiro atoms. The van der Waals surface area contributed by atoms with Crippen molar-refractivity contribution in [2.24, 2.45) is 17.4 Å². The first-order valence-electron chi connectivity index (χ1n) is 6.06. The second kappa shape index (κ2) is 5.12. The van der Waals surface area contributed by atoms with Gasteiger partial charge in [0.2, 0.25) is 5.91 Å². The third kappa shape index (κ3) is 2.53. The number of hydrogen-bond acceptors (Lipinski definition) is 4. The highest BCUT2D eigenvalue weighted by Gasteiger charge is 2.32. The monoisotopic (exact) mass is 227 g/mol. The van der Waals surface area contributed by atoms with Crippen molar-refractivity contribution in [3.63, 3.8) is 0 Å². The molecular weight excluding hydrogens is 206 g/mol. The molecule has 2 aliphatic rings. The molecule has 92 valence electrons. The molecular formula is C11H21N3O2. The summed E-state index contributed by atoms with van der Waals surface area (Å²) >= 11 is 0. The summed E-state index contributed by atoms with van der Waals surface area (Å²) in [6.45, 7) is 2.75. The minimum atomic E-state index is -0.0243. The molecule has 0 aromatic heterocycles. The van der Waals surface area contributed by atoms with Crippen molar-refractivity contribution >= 4 is 5.91 Å². The van der Waals surface area contributed by atoms with Gasteiger partial charge in [-0.3, -0.25) is 4.79 Å². The Morgan fingerprint density at radius 2 is 1.81 bits per heavy atom. The van der Waals surface area contributed by atoms with Gasteiger partial charge in [0, 0.05) is 31.1 Å². The Labute approximate surface area is 96.1 Å². The smallest absolute Gasteiger partial charge is 0.225 e. The quantitative estimate of drug-likeness (QED) is 0.620. The van der Waals surface area contributed by atoms with Crippen LogP contribution in [0.5, 0.6) is 0 Å². The number of nitrogens with zero attached hydrogens (tertiary/aromatic N) is 1. The molecule has 4 N–H and O–H groups in total. The standard InChI is InChI=1S/C11H21N3O2/c12-9-2-1-8(7-10(9)13)11(15)14-3-5-16-6-4-14/h8-10H,1-7,12-13H2/t8?,9-,10+/m0/s1. The van der Waals surface area contributed by atoms with Gasteiger partial charge in [-0.2, -0.15) is 0 Å². The lowest BCUT2D eigenvalue weighted by Gasteiger charge is -2.35. The third-order valence-corrected chi connectivity index (χ3v) is 3.63. The summed E-state index contributed by atoms with van der Waals surface area (Å²) in [7, 11) is 0. The predicted octanol–water partition coefficient (Wildman–Crippen LogP) is -0.700. The van der Waals surface area contributed by atoms with Crippen LogP contribution in [0.25, 0.3) is 0 Å². The molecule has 0 radical (unpaired) electrons. The van der Waals surface area contributed by atoms with E-state index in [1.807, 2.05) is 4.90 Å². The van der Waals surface area contributed by atoms with Gasteiger partial charge in [-0.25, -0.2) is 0 Å². The summed E-state index contributed by atoms with van der Waals surface area (Å²) in [6, 6.07) is 0.0393. The highest BCUT2D eigenvalue weighted by Crippen LogP contribution is 2.24. The zero-order valence-electron chi connectivity index (χ0n) is 9.60. The third-order valence-electron chi connectivity index (χ3n) is 3.63. The van der Waals surface area contributed by atoms with Gasteiger partial charge in [-0.1, -0.05) is 0 Å². The Hall–Kier alpha value is -0.650. The van der Waals surface area contributed by atoms with Crippen LogP contribution < -0.4 is 11.5 Å². The van der Waals surface area contributed by atoms with Gasteiger partial charge in [0.1, 0.15) is 0 Å². The van der Waals surface area contributed by atoms with Crippen molar-refractivity contribution in [1.29, 1.82) is 0 Å². The molecule has 0 aromatic rings. The molecule has 1 unspecified atom stereocenters. The molecule has 5 heteroatoms. The van der Waals surface area contributed by atoms with Crippen LogP contribution in [0.1, 0.15) is 19.3 Å². The van der Waals surface area contributed by atoms with E-state index in [4.69, 9.17) is 16.2 Å².